The van der Waals surface area contributed by atoms with Crippen molar-refractivity contribution in [1.29, 1.82) is 5.26 Å². The standard InChI is InChI=1S/C33H30N4O5/c1-4-39-32(38)25-17-29(41-26-12-8-11-24(16-26)31-35-21-33(2,3)37-31)36-30(18-25)42-28-15-23(19-34)13-14-27(28)40-20-22-9-6-5-7-10-22/h5-18H,4,20-21H2,1-3H3,(H,35,37). The number of ether oxygens (including phenoxy) is 4. The third kappa shape index (κ3) is 7.04. The third-order valence-electron chi connectivity index (χ3n) is 6.23. The predicted octanol–water partition coefficient (Wildman–Crippen LogP) is 6.42. The molecule has 2 heterocycles. The zero-order chi connectivity index (χ0) is 29.5. The Kier molecular flexibility index (Phi) is 8.34. The number of hydrogen-bond acceptors (Lipinski definition) is 9. The fourth-order valence-corrected chi connectivity index (χ4v) is 4.21. The van der Waals surface area contributed by atoms with Crippen molar-refractivity contribution in [3.8, 4) is 35.1 Å². The number of carbonyl (C=O) groups is 1. The normalized spacial score (nSPS) is 13.3. The summed E-state index contributed by atoms with van der Waals surface area (Å²) in [6.07, 6.45) is 0. The SMILES string of the molecule is CCOC(=O)c1cc(Oc2cccc(C3=NCC(C)(C)N3)c2)nc(Oc2cc(C#N)ccc2OCc2ccccc2)c1. The van der Waals surface area contributed by atoms with Gasteiger partial charge in [0.2, 0.25) is 11.8 Å². The van der Waals surface area contributed by atoms with Gasteiger partial charge in [-0.15, -0.1) is 0 Å². The quantitative estimate of drug-likeness (QED) is 0.220. The highest BCUT2D eigenvalue weighted by Crippen LogP contribution is 2.34. The number of aromatic nitrogens is 1. The minimum absolute atomic E-state index is 0.0648. The highest BCUT2D eigenvalue weighted by molar-refractivity contribution is 6.00. The summed E-state index contributed by atoms with van der Waals surface area (Å²) in [6.45, 7) is 7.05. The summed E-state index contributed by atoms with van der Waals surface area (Å²) in [5.74, 6) is 1.58. The first-order valence-corrected chi connectivity index (χ1v) is 13.5. The molecule has 0 saturated heterocycles. The van der Waals surface area contributed by atoms with Crippen LogP contribution in [0.4, 0.5) is 0 Å². The number of aliphatic imine (C=N–C) groups is 1. The molecule has 0 unspecified atom stereocenters. The van der Waals surface area contributed by atoms with Gasteiger partial charge in [0.05, 0.1) is 35.9 Å². The molecular formula is C33H30N4O5. The van der Waals surface area contributed by atoms with E-state index in [0.717, 1.165) is 17.0 Å². The van der Waals surface area contributed by atoms with E-state index in [1.54, 1.807) is 31.2 Å². The van der Waals surface area contributed by atoms with E-state index in [2.05, 4.69) is 35.2 Å². The van der Waals surface area contributed by atoms with E-state index in [9.17, 15) is 10.1 Å². The second kappa shape index (κ2) is 12.4. The fourth-order valence-electron chi connectivity index (χ4n) is 4.21. The Morgan fingerprint density at radius 1 is 0.952 bits per heavy atom. The molecular weight excluding hydrogens is 532 g/mol. The van der Waals surface area contributed by atoms with Crippen LogP contribution >= 0.6 is 0 Å². The van der Waals surface area contributed by atoms with Crippen molar-refractivity contribution >= 4 is 11.8 Å². The average Bonchev–Trinajstić information content (AvgIpc) is 3.36. The Hall–Kier alpha value is -5.36. The maximum atomic E-state index is 12.7. The number of pyridine rings is 1. The molecule has 42 heavy (non-hydrogen) atoms. The van der Waals surface area contributed by atoms with Crippen LogP contribution < -0.4 is 19.5 Å². The number of rotatable bonds is 10. The molecule has 212 valence electrons. The predicted molar refractivity (Wildman–Crippen MR) is 157 cm³/mol. The lowest BCUT2D eigenvalue weighted by Crippen LogP contribution is -2.39. The number of hydrogen-bond donors (Lipinski definition) is 1. The van der Waals surface area contributed by atoms with Crippen molar-refractivity contribution < 1.29 is 23.7 Å². The molecule has 0 spiro atoms. The first-order chi connectivity index (χ1) is 20.3. The highest BCUT2D eigenvalue weighted by Gasteiger charge is 2.25. The van der Waals surface area contributed by atoms with Crippen LogP contribution in [0.15, 0.2) is 89.9 Å². The Balaban J connectivity index is 1.44. The van der Waals surface area contributed by atoms with Crippen molar-refractivity contribution in [2.24, 2.45) is 4.99 Å². The van der Waals surface area contributed by atoms with Crippen LogP contribution in [0.3, 0.4) is 0 Å². The molecule has 5 rings (SSSR count). The van der Waals surface area contributed by atoms with Gasteiger partial charge in [-0.3, -0.25) is 4.99 Å². The molecule has 3 aromatic carbocycles. The lowest BCUT2D eigenvalue weighted by atomic mass is 10.1. The first kappa shape index (κ1) is 28.2. The van der Waals surface area contributed by atoms with Gasteiger partial charge in [-0.25, -0.2) is 4.79 Å². The van der Waals surface area contributed by atoms with Gasteiger partial charge in [-0.05, 0) is 50.6 Å². The van der Waals surface area contributed by atoms with E-state index in [4.69, 9.17) is 18.9 Å². The average molecular weight is 563 g/mol. The van der Waals surface area contributed by atoms with Crippen LogP contribution in [0.5, 0.6) is 29.0 Å². The summed E-state index contributed by atoms with van der Waals surface area (Å²) in [5.41, 5.74) is 2.28. The van der Waals surface area contributed by atoms with Gasteiger partial charge < -0.3 is 24.3 Å². The van der Waals surface area contributed by atoms with E-state index < -0.39 is 5.97 Å². The molecule has 1 aliphatic rings. The molecule has 0 atom stereocenters. The van der Waals surface area contributed by atoms with Crippen molar-refractivity contribution in [1.82, 2.24) is 10.3 Å². The van der Waals surface area contributed by atoms with Crippen LogP contribution in [0.25, 0.3) is 0 Å². The zero-order valence-corrected chi connectivity index (χ0v) is 23.6. The number of carbonyl (C=O) groups excluding carboxylic acids is 1. The van der Waals surface area contributed by atoms with Crippen molar-refractivity contribution in [2.45, 2.75) is 32.9 Å². The van der Waals surface area contributed by atoms with Crippen LogP contribution in [0.1, 0.15) is 47.8 Å². The van der Waals surface area contributed by atoms with Gasteiger partial charge in [0, 0.05) is 23.8 Å². The molecule has 0 radical (unpaired) electrons. The molecule has 0 saturated carbocycles. The lowest BCUT2D eigenvalue weighted by molar-refractivity contribution is 0.0525. The third-order valence-corrected chi connectivity index (χ3v) is 6.23. The largest absolute Gasteiger partial charge is 0.485 e. The summed E-state index contributed by atoms with van der Waals surface area (Å²) in [4.78, 5) is 21.8. The minimum Gasteiger partial charge on any atom is -0.485 e. The van der Waals surface area contributed by atoms with Crippen molar-refractivity contribution in [2.75, 3.05) is 13.2 Å². The smallest absolute Gasteiger partial charge is 0.338 e. The molecule has 0 aliphatic carbocycles. The first-order valence-electron chi connectivity index (χ1n) is 13.5. The van der Waals surface area contributed by atoms with E-state index >= 15 is 0 Å². The second-order valence-corrected chi connectivity index (χ2v) is 10.2. The summed E-state index contributed by atoms with van der Waals surface area (Å²) in [5, 5.41) is 12.9. The molecule has 4 aromatic rings. The van der Waals surface area contributed by atoms with Gasteiger partial charge in [-0.2, -0.15) is 10.2 Å². The van der Waals surface area contributed by atoms with Crippen LogP contribution in [-0.2, 0) is 11.3 Å². The fraction of sp³-hybridized carbons (Fsp3) is 0.212. The number of benzene rings is 3. The van der Waals surface area contributed by atoms with Crippen molar-refractivity contribution in [3.05, 3.63) is 107 Å². The summed E-state index contributed by atoms with van der Waals surface area (Å²) in [6, 6.07) is 27.0. The molecule has 1 aliphatic heterocycles. The number of nitrogens with zero attached hydrogens (tertiary/aromatic N) is 3. The van der Waals surface area contributed by atoms with Crippen LogP contribution in [-0.4, -0.2) is 35.5 Å². The highest BCUT2D eigenvalue weighted by atomic mass is 16.5. The van der Waals surface area contributed by atoms with Gasteiger partial charge >= 0.3 is 5.97 Å². The van der Waals surface area contributed by atoms with Gasteiger partial charge in [0.25, 0.3) is 0 Å². The lowest BCUT2D eigenvalue weighted by Gasteiger charge is -2.18. The van der Waals surface area contributed by atoms with E-state index in [-0.39, 0.29) is 35.2 Å². The molecule has 9 heteroatoms. The summed E-state index contributed by atoms with van der Waals surface area (Å²) >= 11 is 0. The summed E-state index contributed by atoms with van der Waals surface area (Å²) < 4.78 is 23.4. The maximum Gasteiger partial charge on any atom is 0.338 e. The monoisotopic (exact) mass is 562 g/mol. The molecule has 1 aromatic heterocycles. The Morgan fingerprint density at radius 2 is 1.74 bits per heavy atom. The molecule has 0 bridgehead atoms. The zero-order valence-electron chi connectivity index (χ0n) is 23.6. The Morgan fingerprint density at radius 3 is 2.45 bits per heavy atom. The Labute approximate surface area is 244 Å². The number of nitriles is 1. The van der Waals surface area contributed by atoms with E-state index in [0.29, 0.717) is 30.2 Å². The number of esters is 1. The topological polar surface area (TPSA) is 115 Å². The Bertz CT molecular complexity index is 1660. The number of nitrogens with one attached hydrogen (secondary N) is 1. The maximum absolute atomic E-state index is 12.7. The minimum atomic E-state index is -0.554. The van der Waals surface area contributed by atoms with Crippen molar-refractivity contribution in [3.63, 3.8) is 0 Å². The van der Waals surface area contributed by atoms with E-state index in [1.807, 2.05) is 48.5 Å². The second-order valence-electron chi connectivity index (χ2n) is 10.2. The van der Waals surface area contributed by atoms with Crippen LogP contribution in [0.2, 0.25) is 0 Å². The van der Waals surface area contributed by atoms with Gasteiger partial charge in [0.15, 0.2) is 11.5 Å². The van der Waals surface area contributed by atoms with Gasteiger partial charge in [-0.1, -0.05) is 42.5 Å². The number of amidine groups is 1. The molecule has 0 fully saturated rings. The van der Waals surface area contributed by atoms with E-state index in [1.165, 1.54) is 12.1 Å². The molecule has 9 nitrogen and oxygen atoms in total. The van der Waals surface area contributed by atoms with Gasteiger partial charge in [0.1, 0.15) is 18.2 Å². The molecule has 1 N–H and O–H groups in total. The van der Waals surface area contributed by atoms with Crippen LogP contribution in [0, 0.1) is 11.3 Å². The molecule has 0 amide bonds. The summed E-state index contributed by atoms with van der Waals surface area (Å²) in [7, 11) is 0.